The molecule has 1 heterocycles. The van der Waals surface area contributed by atoms with E-state index in [2.05, 4.69) is 9.36 Å². The predicted molar refractivity (Wildman–Crippen MR) is 55.0 cm³/mol. The lowest BCUT2D eigenvalue weighted by Crippen LogP contribution is -2.28. The van der Waals surface area contributed by atoms with E-state index in [9.17, 15) is 18.0 Å². The number of carboxylic acids is 1. The summed E-state index contributed by atoms with van der Waals surface area (Å²) in [7, 11) is 1.47. The summed E-state index contributed by atoms with van der Waals surface area (Å²) < 4.78 is 39.9. The lowest BCUT2D eigenvalue weighted by Gasteiger charge is -2.17. The van der Waals surface area contributed by atoms with Gasteiger partial charge in [-0.15, -0.1) is 0 Å². The van der Waals surface area contributed by atoms with Gasteiger partial charge in [-0.2, -0.15) is 22.5 Å². The highest BCUT2D eigenvalue weighted by molar-refractivity contribution is 7.09. The molecule has 0 aliphatic carbocycles. The van der Waals surface area contributed by atoms with Gasteiger partial charge in [0.15, 0.2) is 0 Å². The van der Waals surface area contributed by atoms with E-state index >= 15 is 0 Å². The van der Waals surface area contributed by atoms with Gasteiger partial charge in [0.1, 0.15) is 0 Å². The summed E-state index contributed by atoms with van der Waals surface area (Å²) >= 11 is 0.590. The monoisotopic (exact) mass is 269 g/mol. The Morgan fingerprint density at radius 2 is 2.18 bits per heavy atom. The maximum Gasteiger partial charge on any atom is 0.452 e. The number of hydrogen-bond acceptors (Lipinski definition) is 5. The minimum atomic E-state index is -4.58. The first-order valence-corrected chi connectivity index (χ1v) is 5.34. The lowest BCUT2D eigenvalue weighted by atomic mass is 10.2. The van der Waals surface area contributed by atoms with Crippen LogP contribution in [0.1, 0.15) is 12.7 Å². The fourth-order valence-electron chi connectivity index (χ4n) is 1.05. The van der Waals surface area contributed by atoms with Gasteiger partial charge in [-0.05, 0) is 0 Å². The summed E-state index contributed by atoms with van der Waals surface area (Å²) in [6.45, 7) is 1.53. The molecule has 0 fully saturated rings. The molecule has 0 aliphatic rings. The Hall–Kier alpha value is -1.38. The molecule has 0 aromatic carbocycles. The van der Waals surface area contributed by atoms with E-state index in [4.69, 9.17) is 5.11 Å². The smallest absolute Gasteiger partial charge is 0.452 e. The van der Waals surface area contributed by atoms with E-state index in [-0.39, 0.29) is 11.7 Å². The molecule has 9 heteroatoms. The van der Waals surface area contributed by atoms with Crippen LogP contribution in [-0.2, 0) is 11.0 Å². The Balaban J connectivity index is 2.74. The zero-order valence-corrected chi connectivity index (χ0v) is 9.84. The van der Waals surface area contributed by atoms with Crippen LogP contribution in [0.2, 0.25) is 0 Å². The van der Waals surface area contributed by atoms with Crippen LogP contribution in [0.4, 0.5) is 18.3 Å². The normalized spacial score (nSPS) is 13.5. The van der Waals surface area contributed by atoms with Crippen molar-refractivity contribution < 1.29 is 23.1 Å². The van der Waals surface area contributed by atoms with Crippen LogP contribution in [0.5, 0.6) is 0 Å². The number of carboxylic acid groups (broad SMARTS) is 1. The van der Waals surface area contributed by atoms with Crippen molar-refractivity contribution in [3.8, 4) is 0 Å². The predicted octanol–water partition coefficient (Wildman–Crippen LogP) is 1.71. The molecule has 17 heavy (non-hydrogen) atoms. The summed E-state index contributed by atoms with van der Waals surface area (Å²) in [6.07, 6.45) is -4.58. The van der Waals surface area contributed by atoms with E-state index < -0.39 is 23.9 Å². The number of alkyl halides is 3. The van der Waals surface area contributed by atoms with Crippen LogP contribution in [0.15, 0.2) is 0 Å². The van der Waals surface area contributed by atoms with E-state index in [1.54, 1.807) is 0 Å². The second kappa shape index (κ2) is 4.86. The minimum Gasteiger partial charge on any atom is -0.481 e. The molecule has 0 aliphatic heterocycles. The van der Waals surface area contributed by atoms with Gasteiger partial charge >= 0.3 is 12.1 Å². The number of rotatable bonds is 4. The Labute approximate surface area is 99.1 Å². The molecule has 0 amide bonds. The number of halogens is 3. The number of anilines is 1. The Kier molecular flexibility index (Phi) is 3.91. The second-order valence-electron chi connectivity index (χ2n) is 3.52. The molecule has 0 saturated carbocycles. The SMILES string of the molecule is CC(CN(C)c1nc(C(F)(F)F)ns1)C(=O)O. The molecule has 0 bridgehead atoms. The second-order valence-corrected chi connectivity index (χ2v) is 4.25. The zero-order valence-electron chi connectivity index (χ0n) is 9.02. The maximum atomic E-state index is 12.2. The van der Waals surface area contributed by atoms with Gasteiger partial charge in [0.25, 0.3) is 0 Å². The molecule has 1 aromatic heterocycles. The van der Waals surface area contributed by atoms with Gasteiger partial charge in [0.2, 0.25) is 11.0 Å². The number of aliphatic carboxylic acids is 1. The molecule has 1 unspecified atom stereocenters. The third-order valence-electron chi connectivity index (χ3n) is 1.96. The molecule has 1 rings (SSSR count). The first-order chi connectivity index (χ1) is 7.71. The first kappa shape index (κ1) is 13.7. The molecule has 1 N–H and O–H groups in total. The van der Waals surface area contributed by atoms with Gasteiger partial charge in [0.05, 0.1) is 5.92 Å². The molecule has 1 atom stereocenters. The average molecular weight is 269 g/mol. The molecule has 0 spiro atoms. The maximum absolute atomic E-state index is 12.2. The van der Waals surface area contributed by atoms with E-state index in [1.165, 1.54) is 18.9 Å². The van der Waals surface area contributed by atoms with Gasteiger partial charge in [-0.3, -0.25) is 4.79 Å². The van der Waals surface area contributed by atoms with Crippen molar-refractivity contribution in [3.63, 3.8) is 0 Å². The third kappa shape index (κ3) is 3.55. The van der Waals surface area contributed by atoms with Crippen LogP contribution in [0, 0.1) is 5.92 Å². The van der Waals surface area contributed by atoms with Crippen molar-refractivity contribution in [2.75, 3.05) is 18.5 Å². The summed E-state index contributed by atoms with van der Waals surface area (Å²) in [5.74, 6) is -2.91. The van der Waals surface area contributed by atoms with E-state index in [0.717, 1.165) is 0 Å². The summed E-state index contributed by atoms with van der Waals surface area (Å²) in [4.78, 5) is 15.2. The first-order valence-electron chi connectivity index (χ1n) is 4.56. The number of carbonyl (C=O) groups is 1. The van der Waals surface area contributed by atoms with Crippen molar-refractivity contribution in [2.45, 2.75) is 13.1 Å². The highest BCUT2D eigenvalue weighted by Gasteiger charge is 2.36. The average Bonchev–Trinajstić information content (AvgIpc) is 2.65. The fourth-order valence-corrected chi connectivity index (χ4v) is 1.71. The largest absolute Gasteiger partial charge is 0.481 e. The number of aromatic nitrogens is 2. The Morgan fingerprint density at radius 1 is 1.59 bits per heavy atom. The van der Waals surface area contributed by atoms with Gasteiger partial charge in [-0.25, -0.2) is 0 Å². The summed E-state index contributed by atoms with van der Waals surface area (Å²) in [6, 6.07) is 0. The molecular formula is C8H10F3N3O2S. The van der Waals surface area contributed by atoms with E-state index in [0.29, 0.717) is 11.5 Å². The van der Waals surface area contributed by atoms with Crippen molar-refractivity contribution in [1.29, 1.82) is 0 Å². The molecular weight excluding hydrogens is 259 g/mol. The molecule has 0 radical (unpaired) electrons. The molecule has 96 valence electrons. The lowest BCUT2D eigenvalue weighted by molar-refractivity contribution is -0.144. The zero-order chi connectivity index (χ0) is 13.2. The van der Waals surface area contributed by atoms with Crippen LogP contribution in [-0.4, -0.2) is 34.0 Å². The third-order valence-corrected chi connectivity index (χ3v) is 2.80. The number of nitrogens with zero attached hydrogens (tertiary/aromatic N) is 3. The Morgan fingerprint density at radius 3 is 2.59 bits per heavy atom. The highest BCUT2D eigenvalue weighted by atomic mass is 32.1. The van der Waals surface area contributed by atoms with Crippen LogP contribution in [0.25, 0.3) is 0 Å². The standard InChI is InChI=1S/C8H10F3N3O2S/c1-4(5(15)16)3-14(2)7-12-6(13-17-7)8(9,10)11/h4H,3H2,1-2H3,(H,15,16). The van der Waals surface area contributed by atoms with E-state index in [1.807, 2.05) is 0 Å². The van der Waals surface area contributed by atoms with Gasteiger partial charge < -0.3 is 10.0 Å². The molecule has 0 saturated heterocycles. The van der Waals surface area contributed by atoms with Crippen LogP contribution < -0.4 is 4.90 Å². The van der Waals surface area contributed by atoms with Crippen molar-refractivity contribution in [1.82, 2.24) is 9.36 Å². The molecule has 5 nitrogen and oxygen atoms in total. The van der Waals surface area contributed by atoms with Gasteiger partial charge in [-0.1, -0.05) is 6.92 Å². The topological polar surface area (TPSA) is 66.3 Å². The minimum absolute atomic E-state index is 0.0467. The summed E-state index contributed by atoms with van der Waals surface area (Å²) in [5.41, 5.74) is 0. The van der Waals surface area contributed by atoms with Crippen molar-refractivity contribution >= 4 is 22.6 Å². The van der Waals surface area contributed by atoms with Crippen molar-refractivity contribution in [2.24, 2.45) is 5.92 Å². The Bertz CT molecular complexity index is 407. The fraction of sp³-hybridized carbons (Fsp3) is 0.625. The summed E-state index contributed by atoms with van der Waals surface area (Å²) in [5, 5.41) is 8.72. The number of hydrogen-bond donors (Lipinski definition) is 1. The van der Waals surface area contributed by atoms with Crippen LogP contribution >= 0.6 is 11.5 Å². The quantitative estimate of drug-likeness (QED) is 0.901. The van der Waals surface area contributed by atoms with Gasteiger partial charge in [0, 0.05) is 25.1 Å². The highest BCUT2D eigenvalue weighted by Crippen LogP contribution is 2.30. The van der Waals surface area contributed by atoms with Crippen molar-refractivity contribution in [3.05, 3.63) is 5.82 Å². The molecule has 1 aromatic rings. The van der Waals surface area contributed by atoms with Crippen LogP contribution in [0.3, 0.4) is 0 Å².